The number of benzene rings is 1. The summed E-state index contributed by atoms with van der Waals surface area (Å²) in [5.74, 6) is -0.704. The molecule has 0 amide bonds. The van der Waals surface area contributed by atoms with E-state index in [0.717, 1.165) is 17.4 Å². The predicted molar refractivity (Wildman–Crippen MR) is 66.2 cm³/mol. The highest BCUT2D eigenvalue weighted by Crippen LogP contribution is 2.24. The van der Waals surface area contributed by atoms with Gasteiger partial charge < -0.3 is 4.79 Å². The van der Waals surface area contributed by atoms with Crippen LogP contribution in [0.25, 0.3) is 0 Å². The minimum atomic E-state index is -0.394. The topological polar surface area (TPSA) is 30.0 Å². The molecule has 0 aliphatic carbocycles. The highest BCUT2D eigenvalue weighted by Gasteiger charge is 2.13. The van der Waals surface area contributed by atoms with Crippen molar-refractivity contribution < 1.29 is 9.18 Å². The van der Waals surface area contributed by atoms with Crippen molar-refractivity contribution in [3.63, 3.8) is 0 Å². The molecule has 0 aliphatic heterocycles. The molecule has 0 bridgehead atoms. The molecule has 0 N–H and O–H groups in total. The third-order valence-electron chi connectivity index (χ3n) is 2.47. The Morgan fingerprint density at radius 2 is 1.88 bits per heavy atom. The van der Waals surface area contributed by atoms with Crippen LogP contribution in [0.4, 0.5) is 4.39 Å². The van der Waals surface area contributed by atoms with E-state index in [1.54, 1.807) is 30.5 Å². The van der Waals surface area contributed by atoms with Gasteiger partial charge in [0, 0.05) is 6.20 Å². The summed E-state index contributed by atoms with van der Waals surface area (Å²) in [7, 11) is 0. The van der Waals surface area contributed by atoms with Crippen molar-refractivity contribution in [1.29, 1.82) is 0 Å². The maximum absolute atomic E-state index is 12.8. The van der Waals surface area contributed by atoms with Crippen LogP contribution in [0.3, 0.4) is 0 Å². The van der Waals surface area contributed by atoms with E-state index >= 15 is 0 Å². The van der Waals surface area contributed by atoms with Gasteiger partial charge in [-0.2, -0.15) is 0 Å². The molecule has 0 aliphatic rings. The maximum Gasteiger partial charge on any atom is 0.131 e. The molecule has 2 nitrogen and oxygen atoms in total. The lowest BCUT2D eigenvalue weighted by atomic mass is 9.93. The summed E-state index contributed by atoms with van der Waals surface area (Å²) in [5, 5.41) is 0. The number of pyridine rings is 1. The fourth-order valence-electron chi connectivity index (χ4n) is 1.63. The number of carbonyl (C=O) groups is 1. The Morgan fingerprint density at radius 1 is 1.18 bits per heavy atom. The van der Waals surface area contributed by atoms with Gasteiger partial charge in [0.2, 0.25) is 0 Å². The SMILES string of the molecule is O=CC(c1ccc(F)cc1)c1ccnc(Br)c1. The fourth-order valence-corrected chi connectivity index (χ4v) is 2.01. The molecule has 1 heterocycles. The van der Waals surface area contributed by atoms with Gasteiger partial charge in [-0.15, -0.1) is 0 Å². The van der Waals surface area contributed by atoms with Crippen LogP contribution >= 0.6 is 15.9 Å². The lowest BCUT2D eigenvalue weighted by Gasteiger charge is -2.11. The van der Waals surface area contributed by atoms with Crippen molar-refractivity contribution in [3.05, 3.63) is 64.1 Å². The van der Waals surface area contributed by atoms with Crippen LogP contribution in [0.5, 0.6) is 0 Å². The number of hydrogen-bond donors (Lipinski definition) is 0. The molecule has 4 heteroatoms. The number of halogens is 2. The minimum absolute atomic E-state index is 0.311. The van der Waals surface area contributed by atoms with Crippen molar-refractivity contribution in [2.24, 2.45) is 0 Å². The summed E-state index contributed by atoms with van der Waals surface area (Å²) in [4.78, 5) is 15.2. The van der Waals surface area contributed by atoms with Gasteiger partial charge >= 0.3 is 0 Å². The fraction of sp³-hybridized carbons (Fsp3) is 0.0769. The van der Waals surface area contributed by atoms with Crippen LogP contribution in [0, 0.1) is 5.82 Å². The second kappa shape index (κ2) is 5.19. The first-order chi connectivity index (χ1) is 8.20. The second-order valence-corrected chi connectivity index (χ2v) is 4.39. The Hall–Kier alpha value is -1.55. The van der Waals surface area contributed by atoms with Gasteiger partial charge in [0.25, 0.3) is 0 Å². The molecular formula is C13H9BrFNO. The standard InChI is InChI=1S/C13H9BrFNO/c14-13-7-10(5-6-16-13)12(8-17)9-1-3-11(15)4-2-9/h1-8,12H. The summed E-state index contributed by atoms with van der Waals surface area (Å²) < 4.78 is 13.5. The number of nitrogens with zero attached hydrogens (tertiary/aromatic N) is 1. The Morgan fingerprint density at radius 3 is 2.47 bits per heavy atom. The lowest BCUT2D eigenvalue weighted by molar-refractivity contribution is -0.108. The van der Waals surface area contributed by atoms with Crippen LogP contribution in [0.1, 0.15) is 17.0 Å². The third kappa shape index (κ3) is 2.77. The Balaban J connectivity index is 2.40. The first-order valence-corrected chi connectivity index (χ1v) is 5.82. The molecule has 2 rings (SSSR count). The zero-order valence-electron chi connectivity index (χ0n) is 8.81. The third-order valence-corrected chi connectivity index (χ3v) is 2.91. The van der Waals surface area contributed by atoms with E-state index in [-0.39, 0.29) is 5.82 Å². The quantitative estimate of drug-likeness (QED) is 0.642. The van der Waals surface area contributed by atoms with E-state index in [4.69, 9.17) is 0 Å². The molecule has 1 aromatic carbocycles. The molecule has 17 heavy (non-hydrogen) atoms. The maximum atomic E-state index is 12.8. The van der Waals surface area contributed by atoms with E-state index < -0.39 is 5.92 Å². The van der Waals surface area contributed by atoms with E-state index in [1.807, 2.05) is 0 Å². The Kier molecular flexibility index (Phi) is 3.64. The molecule has 1 atom stereocenters. The number of hydrogen-bond acceptors (Lipinski definition) is 2. The van der Waals surface area contributed by atoms with Crippen molar-refractivity contribution in [1.82, 2.24) is 4.98 Å². The largest absolute Gasteiger partial charge is 0.302 e. The average molecular weight is 294 g/mol. The molecule has 1 unspecified atom stereocenters. The average Bonchev–Trinajstić information content (AvgIpc) is 2.33. The van der Waals surface area contributed by atoms with Gasteiger partial charge in [0.15, 0.2) is 0 Å². The number of rotatable bonds is 3. The van der Waals surface area contributed by atoms with Crippen LogP contribution < -0.4 is 0 Å². The van der Waals surface area contributed by atoms with E-state index in [0.29, 0.717) is 4.60 Å². The van der Waals surface area contributed by atoms with Crippen molar-refractivity contribution >= 4 is 22.2 Å². The van der Waals surface area contributed by atoms with Gasteiger partial charge in [-0.05, 0) is 51.3 Å². The second-order valence-electron chi connectivity index (χ2n) is 3.58. The summed E-state index contributed by atoms with van der Waals surface area (Å²) in [6, 6.07) is 9.48. The van der Waals surface area contributed by atoms with Crippen molar-refractivity contribution in [3.8, 4) is 0 Å². The minimum Gasteiger partial charge on any atom is -0.302 e. The molecule has 1 aromatic heterocycles. The molecule has 86 valence electrons. The lowest BCUT2D eigenvalue weighted by Crippen LogP contribution is -2.02. The van der Waals surface area contributed by atoms with E-state index in [1.165, 1.54) is 12.1 Å². The molecule has 0 radical (unpaired) electrons. The van der Waals surface area contributed by atoms with Gasteiger partial charge in [0.05, 0.1) is 5.92 Å². The smallest absolute Gasteiger partial charge is 0.131 e. The first-order valence-electron chi connectivity index (χ1n) is 5.03. The number of aromatic nitrogens is 1. The van der Waals surface area contributed by atoms with E-state index in [9.17, 15) is 9.18 Å². The van der Waals surface area contributed by atoms with E-state index in [2.05, 4.69) is 20.9 Å². The van der Waals surface area contributed by atoms with Crippen molar-refractivity contribution in [2.45, 2.75) is 5.92 Å². The first kappa shape index (κ1) is 11.9. The summed E-state index contributed by atoms with van der Waals surface area (Å²) in [6.45, 7) is 0. The zero-order valence-corrected chi connectivity index (χ0v) is 10.4. The summed E-state index contributed by atoms with van der Waals surface area (Å²) in [6.07, 6.45) is 2.47. The molecular weight excluding hydrogens is 285 g/mol. The van der Waals surface area contributed by atoms with Gasteiger partial charge in [-0.3, -0.25) is 0 Å². The van der Waals surface area contributed by atoms with Gasteiger partial charge in [-0.25, -0.2) is 9.37 Å². The van der Waals surface area contributed by atoms with Gasteiger partial charge in [-0.1, -0.05) is 12.1 Å². The molecule has 0 saturated heterocycles. The number of aldehydes is 1. The monoisotopic (exact) mass is 293 g/mol. The molecule has 2 aromatic rings. The normalized spacial score (nSPS) is 12.1. The summed E-state index contributed by atoms with van der Waals surface area (Å²) in [5.41, 5.74) is 1.59. The molecule has 0 saturated carbocycles. The zero-order chi connectivity index (χ0) is 12.3. The van der Waals surface area contributed by atoms with Crippen LogP contribution in [0.2, 0.25) is 0 Å². The van der Waals surface area contributed by atoms with Crippen LogP contribution in [-0.2, 0) is 4.79 Å². The number of carbonyl (C=O) groups excluding carboxylic acids is 1. The Bertz CT molecular complexity index is 527. The highest BCUT2D eigenvalue weighted by atomic mass is 79.9. The van der Waals surface area contributed by atoms with Gasteiger partial charge in [0.1, 0.15) is 16.7 Å². The summed E-state index contributed by atoms with van der Waals surface area (Å²) >= 11 is 3.26. The van der Waals surface area contributed by atoms with Crippen LogP contribution in [-0.4, -0.2) is 11.3 Å². The van der Waals surface area contributed by atoms with Crippen LogP contribution in [0.15, 0.2) is 47.2 Å². The highest BCUT2D eigenvalue weighted by molar-refractivity contribution is 9.10. The molecule has 0 spiro atoms. The predicted octanol–water partition coefficient (Wildman–Crippen LogP) is 3.31. The molecule has 0 fully saturated rings. The van der Waals surface area contributed by atoms with Crippen molar-refractivity contribution in [2.75, 3.05) is 0 Å². The Labute approximate surface area is 107 Å².